The number of hydrogen-bond acceptors (Lipinski definition) is 5. The molecule has 0 radical (unpaired) electrons. The topological polar surface area (TPSA) is 92.5 Å². The zero-order valence-corrected chi connectivity index (χ0v) is 19.6. The van der Waals surface area contributed by atoms with Crippen LogP contribution in [0.5, 0.6) is 0 Å². The van der Waals surface area contributed by atoms with Crippen LogP contribution in [-0.2, 0) is 10.2 Å². The molecule has 1 N–H and O–H groups in total. The highest BCUT2D eigenvalue weighted by atomic mass is 35.5. The van der Waals surface area contributed by atoms with Crippen molar-refractivity contribution < 1.29 is 18.4 Å². The van der Waals surface area contributed by atoms with Crippen molar-refractivity contribution in [3.63, 3.8) is 0 Å². The van der Waals surface area contributed by atoms with E-state index in [4.69, 9.17) is 11.6 Å². The van der Waals surface area contributed by atoms with Gasteiger partial charge in [0.2, 0.25) is 5.91 Å². The lowest BCUT2D eigenvalue weighted by Crippen LogP contribution is -2.30. The number of carbonyl (C=O) groups excluding carboxylic acids is 2. The van der Waals surface area contributed by atoms with Gasteiger partial charge < -0.3 is 10.2 Å². The monoisotopic (exact) mass is 488 g/mol. The van der Waals surface area contributed by atoms with Crippen LogP contribution in [0.4, 0.5) is 14.5 Å². The summed E-state index contributed by atoms with van der Waals surface area (Å²) in [6.07, 6.45) is 2.15. The summed E-state index contributed by atoms with van der Waals surface area (Å²) < 4.78 is 29.2. The minimum Gasteiger partial charge on any atom is -0.337 e. The van der Waals surface area contributed by atoms with Gasteiger partial charge in [0.05, 0.1) is 29.1 Å². The quantitative estimate of drug-likeness (QED) is 0.576. The summed E-state index contributed by atoms with van der Waals surface area (Å²) >= 11 is 6.05. The zero-order chi connectivity index (χ0) is 24.4. The second kappa shape index (κ2) is 7.97. The highest BCUT2D eigenvalue weighted by molar-refractivity contribution is 6.29. The molecule has 2 amide bonds. The molecule has 1 saturated carbocycles. The SMILES string of the molecule is CN(C(=O)c1ncc(NC(=O)[C@@H]2CC(C)(C)c3c2cnc2cc(Cl)nn32)cc1C(F)F)C1CC1. The number of anilines is 1. The largest absolute Gasteiger partial charge is 0.337 e. The van der Waals surface area contributed by atoms with E-state index >= 15 is 0 Å². The number of alkyl halides is 2. The second-order valence-electron chi connectivity index (χ2n) is 9.54. The number of nitrogens with zero attached hydrogens (tertiary/aromatic N) is 5. The van der Waals surface area contributed by atoms with Crippen molar-refractivity contribution in [3.05, 3.63) is 52.2 Å². The molecular weight excluding hydrogens is 466 g/mol. The van der Waals surface area contributed by atoms with Gasteiger partial charge in [-0.15, -0.1) is 0 Å². The number of halogens is 3. The number of nitrogens with one attached hydrogen (secondary N) is 1. The number of pyridine rings is 1. The summed E-state index contributed by atoms with van der Waals surface area (Å²) in [5.74, 6) is -1.49. The van der Waals surface area contributed by atoms with E-state index in [1.54, 1.807) is 23.8 Å². The molecule has 1 atom stereocenters. The molecule has 0 aliphatic heterocycles. The molecule has 5 rings (SSSR count). The van der Waals surface area contributed by atoms with Crippen molar-refractivity contribution in [3.8, 4) is 0 Å². The molecule has 2 aliphatic carbocycles. The third-order valence-electron chi connectivity index (χ3n) is 6.57. The fraction of sp³-hybridized carbons (Fsp3) is 0.435. The predicted octanol–water partition coefficient (Wildman–Crippen LogP) is 4.35. The first-order valence-electron chi connectivity index (χ1n) is 11.0. The van der Waals surface area contributed by atoms with Gasteiger partial charge in [0.15, 0.2) is 10.8 Å². The summed E-state index contributed by atoms with van der Waals surface area (Å²) in [7, 11) is 1.59. The molecule has 0 bridgehead atoms. The predicted molar refractivity (Wildman–Crippen MR) is 121 cm³/mol. The van der Waals surface area contributed by atoms with Crippen molar-refractivity contribution in [1.29, 1.82) is 0 Å². The van der Waals surface area contributed by atoms with Crippen LogP contribution < -0.4 is 5.32 Å². The number of aromatic nitrogens is 4. The molecule has 8 nitrogen and oxygen atoms in total. The molecule has 0 unspecified atom stereocenters. The van der Waals surface area contributed by atoms with Crippen molar-refractivity contribution in [2.75, 3.05) is 12.4 Å². The third-order valence-corrected chi connectivity index (χ3v) is 6.75. The Morgan fingerprint density at radius 2 is 1.97 bits per heavy atom. The molecule has 0 saturated heterocycles. The summed E-state index contributed by atoms with van der Waals surface area (Å²) in [5.41, 5.74) is 1.03. The lowest BCUT2D eigenvalue weighted by atomic mass is 9.88. The maximum Gasteiger partial charge on any atom is 0.272 e. The number of fused-ring (bicyclic) bond motifs is 3. The van der Waals surface area contributed by atoms with Crippen LogP contribution in [0.2, 0.25) is 5.15 Å². The van der Waals surface area contributed by atoms with Crippen LogP contribution >= 0.6 is 11.6 Å². The van der Waals surface area contributed by atoms with E-state index in [0.717, 1.165) is 24.6 Å². The molecule has 2 aliphatic rings. The Balaban J connectivity index is 1.43. The van der Waals surface area contributed by atoms with E-state index in [1.807, 2.05) is 13.8 Å². The minimum absolute atomic E-state index is 0.0646. The summed E-state index contributed by atoms with van der Waals surface area (Å²) in [5, 5.41) is 7.31. The smallest absolute Gasteiger partial charge is 0.272 e. The third kappa shape index (κ3) is 3.79. The van der Waals surface area contributed by atoms with Gasteiger partial charge in [0, 0.05) is 36.3 Å². The minimum atomic E-state index is -2.91. The Hall–Kier alpha value is -3.14. The maximum atomic E-state index is 13.8. The normalized spacial score (nSPS) is 18.9. The standard InChI is InChI=1S/C23H23ClF2N6O2/c1-23(2)8-14(15-10-27-17-7-16(24)30-32(17)19(15)23)21(33)29-11-6-13(20(25)26)18(28-9-11)22(34)31(3)12-4-5-12/h6-7,9-10,12,14,20H,4-5,8H2,1-3H3,(H,29,33)/t14-/m1/s1. The first-order valence-corrected chi connectivity index (χ1v) is 11.4. The highest BCUT2D eigenvalue weighted by Gasteiger charge is 2.43. The summed E-state index contributed by atoms with van der Waals surface area (Å²) in [4.78, 5) is 35.7. The van der Waals surface area contributed by atoms with E-state index in [2.05, 4.69) is 20.4 Å². The van der Waals surface area contributed by atoms with Gasteiger partial charge in [-0.1, -0.05) is 25.4 Å². The van der Waals surface area contributed by atoms with Gasteiger partial charge in [0.1, 0.15) is 5.69 Å². The lowest BCUT2D eigenvalue weighted by molar-refractivity contribution is -0.117. The first-order chi connectivity index (χ1) is 16.1. The van der Waals surface area contributed by atoms with E-state index in [-0.39, 0.29) is 23.3 Å². The summed E-state index contributed by atoms with van der Waals surface area (Å²) in [6.45, 7) is 4.00. The van der Waals surface area contributed by atoms with Gasteiger partial charge in [-0.25, -0.2) is 23.3 Å². The van der Waals surface area contributed by atoms with Crippen LogP contribution in [0.15, 0.2) is 24.5 Å². The van der Waals surface area contributed by atoms with Crippen LogP contribution in [-0.4, -0.2) is 49.4 Å². The molecule has 3 aromatic rings. The fourth-order valence-corrected chi connectivity index (χ4v) is 4.89. The van der Waals surface area contributed by atoms with E-state index in [9.17, 15) is 18.4 Å². The number of carbonyl (C=O) groups is 2. The molecule has 3 heterocycles. The lowest BCUT2D eigenvalue weighted by Gasteiger charge is -2.20. The Kier molecular flexibility index (Phi) is 5.31. The molecular formula is C23H23ClF2N6O2. The van der Waals surface area contributed by atoms with Crippen molar-refractivity contribution in [2.45, 2.75) is 56.9 Å². The Labute approximate surface area is 199 Å². The van der Waals surface area contributed by atoms with Crippen molar-refractivity contribution >= 4 is 34.7 Å². The zero-order valence-electron chi connectivity index (χ0n) is 18.8. The second-order valence-corrected chi connectivity index (χ2v) is 9.93. The van der Waals surface area contributed by atoms with Crippen LogP contribution in [0.3, 0.4) is 0 Å². The number of hydrogen-bond donors (Lipinski definition) is 1. The van der Waals surface area contributed by atoms with E-state index in [0.29, 0.717) is 22.8 Å². The molecule has 34 heavy (non-hydrogen) atoms. The molecule has 0 aromatic carbocycles. The Bertz CT molecular complexity index is 1320. The van der Waals surface area contributed by atoms with Gasteiger partial charge in [-0.2, -0.15) is 5.10 Å². The van der Waals surface area contributed by atoms with Crippen LogP contribution in [0, 0.1) is 0 Å². The van der Waals surface area contributed by atoms with Gasteiger partial charge >= 0.3 is 0 Å². The Morgan fingerprint density at radius 1 is 1.24 bits per heavy atom. The number of amides is 2. The fourth-order valence-electron chi connectivity index (χ4n) is 4.72. The summed E-state index contributed by atoms with van der Waals surface area (Å²) in [6, 6.07) is 2.83. The van der Waals surface area contributed by atoms with E-state index in [1.165, 1.54) is 11.1 Å². The Morgan fingerprint density at radius 3 is 2.65 bits per heavy atom. The molecule has 0 spiro atoms. The molecule has 178 valence electrons. The van der Waals surface area contributed by atoms with Crippen molar-refractivity contribution in [1.82, 2.24) is 24.5 Å². The van der Waals surface area contributed by atoms with Crippen molar-refractivity contribution in [2.24, 2.45) is 0 Å². The highest BCUT2D eigenvalue weighted by Crippen LogP contribution is 2.46. The maximum absolute atomic E-state index is 13.8. The average molecular weight is 489 g/mol. The first kappa shape index (κ1) is 22.6. The average Bonchev–Trinajstić information content (AvgIpc) is 3.50. The molecule has 3 aromatic heterocycles. The van der Waals surface area contributed by atoms with Gasteiger partial charge in [0.25, 0.3) is 12.3 Å². The van der Waals surface area contributed by atoms with E-state index < -0.39 is 29.2 Å². The van der Waals surface area contributed by atoms with Gasteiger partial charge in [-0.3, -0.25) is 9.59 Å². The van der Waals surface area contributed by atoms with Crippen LogP contribution in [0.25, 0.3) is 5.65 Å². The van der Waals surface area contributed by atoms with Gasteiger partial charge in [-0.05, 0) is 25.3 Å². The number of rotatable bonds is 5. The molecule has 11 heteroatoms. The van der Waals surface area contributed by atoms with Crippen LogP contribution in [0.1, 0.15) is 72.8 Å². The molecule has 1 fully saturated rings.